The smallest absolute Gasteiger partial charge is 0.309 e. The lowest BCUT2D eigenvalue weighted by Crippen LogP contribution is -2.28. The number of aromatic nitrogens is 3. The maximum absolute atomic E-state index is 12.5. The number of halogens is 2. The molecule has 0 unspecified atom stereocenters. The van der Waals surface area contributed by atoms with Crippen molar-refractivity contribution in [3.63, 3.8) is 0 Å². The van der Waals surface area contributed by atoms with Crippen molar-refractivity contribution >= 4 is 71.4 Å². The summed E-state index contributed by atoms with van der Waals surface area (Å²) in [6.07, 6.45) is 2.17. The van der Waals surface area contributed by atoms with Crippen LogP contribution < -0.4 is 9.47 Å². The third kappa shape index (κ3) is 8.03. The average molecular weight is 818 g/mol. The van der Waals surface area contributed by atoms with Crippen molar-refractivity contribution < 1.29 is 19.4 Å². The van der Waals surface area contributed by atoms with Crippen LogP contribution in [0.3, 0.4) is 0 Å². The number of aliphatic carboxylic acids is 1. The van der Waals surface area contributed by atoms with Crippen LogP contribution in [0.25, 0.3) is 32.9 Å². The number of rotatable bonds is 11. The minimum atomic E-state index is -0.978. The molecule has 3 aromatic heterocycles. The van der Waals surface area contributed by atoms with E-state index in [4.69, 9.17) is 14.5 Å². The van der Waals surface area contributed by atoms with Crippen LogP contribution in [0.2, 0.25) is 0 Å². The highest BCUT2D eigenvalue weighted by atomic mass is 79.9. The molecule has 0 spiro atoms. The van der Waals surface area contributed by atoms with Crippen molar-refractivity contribution in [1.29, 1.82) is 0 Å². The van der Waals surface area contributed by atoms with E-state index in [-0.39, 0.29) is 4.75 Å². The van der Waals surface area contributed by atoms with Crippen molar-refractivity contribution in [3.8, 4) is 22.8 Å². The number of carboxylic acids is 1. The third-order valence-electron chi connectivity index (χ3n) is 8.41. The Hall–Kier alpha value is -3.86. The summed E-state index contributed by atoms with van der Waals surface area (Å²) in [5.41, 5.74) is 5.92. The lowest BCUT2D eigenvalue weighted by atomic mass is 9.88. The van der Waals surface area contributed by atoms with Crippen molar-refractivity contribution in [2.45, 2.75) is 63.8 Å². The Morgan fingerprint density at radius 3 is 2.36 bits per heavy atom. The molecule has 0 bridgehead atoms. The summed E-state index contributed by atoms with van der Waals surface area (Å²) >= 11 is 8.83. The van der Waals surface area contributed by atoms with Gasteiger partial charge in [-0.1, -0.05) is 67.0 Å². The zero-order valence-corrected chi connectivity index (χ0v) is 32.9. The Labute approximate surface area is 313 Å². The van der Waals surface area contributed by atoms with Gasteiger partial charge in [0, 0.05) is 60.8 Å². The lowest BCUT2D eigenvalue weighted by Gasteiger charge is -2.24. The molecule has 0 aliphatic carbocycles. The molecule has 10 heteroatoms. The average Bonchev–Trinajstić information content (AvgIpc) is 3.32. The third-order valence-corrected chi connectivity index (χ3v) is 10.7. The molecule has 7 nitrogen and oxygen atoms in total. The van der Waals surface area contributed by atoms with Gasteiger partial charge >= 0.3 is 5.97 Å². The SMILES string of the molecule is COc1ncc(-c2ccc(Cn3c(CC(C)(C)C(=O)O)c(SC(C)(C)C)c4cc(OCc5ccc6cc(Br)ccc6n5)ccc43)cc2)cc1Br. The first kappa shape index (κ1) is 35.9. The fourth-order valence-electron chi connectivity index (χ4n) is 5.81. The summed E-state index contributed by atoms with van der Waals surface area (Å²) in [6, 6.07) is 26.7. The lowest BCUT2D eigenvalue weighted by molar-refractivity contribution is -0.146. The molecule has 0 aliphatic heterocycles. The summed E-state index contributed by atoms with van der Waals surface area (Å²) in [5.74, 6) is 0.442. The van der Waals surface area contributed by atoms with Gasteiger partial charge in [-0.15, -0.1) is 11.8 Å². The van der Waals surface area contributed by atoms with E-state index in [9.17, 15) is 9.90 Å². The summed E-state index contributed by atoms with van der Waals surface area (Å²) < 4.78 is 15.6. The highest BCUT2D eigenvalue weighted by Gasteiger charge is 2.33. The van der Waals surface area contributed by atoms with Crippen LogP contribution in [0.4, 0.5) is 0 Å². The first-order chi connectivity index (χ1) is 23.7. The number of thioether (sulfide) groups is 1. The Morgan fingerprint density at radius 2 is 1.68 bits per heavy atom. The molecule has 50 heavy (non-hydrogen) atoms. The predicted octanol–water partition coefficient (Wildman–Crippen LogP) is 11.0. The molecule has 0 saturated carbocycles. The Morgan fingerprint density at radius 1 is 0.920 bits per heavy atom. The monoisotopic (exact) mass is 815 g/mol. The molecule has 0 aliphatic rings. The van der Waals surface area contributed by atoms with Gasteiger partial charge in [-0.25, -0.2) is 9.97 Å². The maximum Gasteiger partial charge on any atom is 0.309 e. The van der Waals surface area contributed by atoms with Crippen molar-refractivity contribution in [2.24, 2.45) is 5.41 Å². The van der Waals surface area contributed by atoms with Gasteiger partial charge in [0.2, 0.25) is 5.88 Å². The van der Waals surface area contributed by atoms with E-state index in [1.165, 1.54) is 0 Å². The molecule has 6 aromatic rings. The second-order valence-corrected chi connectivity index (χ2v) is 17.6. The molecular weight excluding hydrogens is 778 g/mol. The number of ether oxygens (including phenoxy) is 2. The largest absolute Gasteiger partial charge is 0.487 e. The fraction of sp³-hybridized carbons (Fsp3) is 0.275. The maximum atomic E-state index is 12.5. The molecule has 0 saturated heterocycles. The minimum absolute atomic E-state index is 0.121. The number of carboxylic acid groups (broad SMARTS) is 1. The zero-order valence-electron chi connectivity index (χ0n) is 28.9. The Kier molecular flexibility index (Phi) is 10.4. The first-order valence-electron chi connectivity index (χ1n) is 16.2. The van der Waals surface area contributed by atoms with Crippen LogP contribution >= 0.6 is 43.6 Å². The zero-order chi connectivity index (χ0) is 35.8. The van der Waals surface area contributed by atoms with Gasteiger partial charge < -0.3 is 19.1 Å². The normalized spacial score (nSPS) is 12.1. The van der Waals surface area contributed by atoms with Crippen LogP contribution in [0.15, 0.2) is 98.9 Å². The molecule has 0 fully saturated rings. The number of hydrogen-bond donors (Lipinski definition) is 1. The number of benzene rings is 3. The number of carbonyl (C=O) groups is 1. The van der Waals surface area contributed by atoms with Gasteiger partial charge in [0.05, 0.1) is 28.2 Å². The summed E-state index contributed by atoms with van der Waals surface area (Å²) in [7, 11) is 1.60. The van der Waals surface area contributed by atoms with E-state index < -0.39 is 11.4 Å². The van der Waals surface area contributed by atoms with Crippen LogP contribution in [0.5, 0.6) is 11.6 Å². The van der Waals surface area contributed by atoms with Crippen molar-refractivity contribution in [1.82, 2.24) is 14.5 Å². The topological polar surface area (TPSA) is 86.5 Å². The molecule has 258 valence electrons. The second-order valence-electron chi connectivity index (χ2n) is 14.0. The highest BCUT2D eigenvalue weighted by molar-refractivity contribution is 9.10. The number of hydrogen-bond acceptors (Lipinski definition) is 6. The number of pyridine rings is 2. The van der Waals surface area contributed by atoms with Crippen LogP contribution in [0.1, 0.15) is 51.6 Å². The Balaban J connectivity index is 1.38. The van der Waals surface area contributed by atoms with Crippen molar-refractivity contribution in [3.05, 3.63) is 111 Å². The molecule has 0 atom stereocenters. The molecule has 6 rings (SSSR count). The summed E-state index contributed by atoms with van der Waals surface area (Å²) in [5, 5.41) is 12.3. The first-order valence-corrected chi connectivity index (χ1v) is 18.7. The number of methoxy groups -OCH3 is 1. The number of nitrogens with zero attached hydrogens (tertiary/aromatic N) is 3. The molecule has 1 N–H and O–H groups in total. The van der Waals surface area contributed by atoms with Gasteiger partial charge in [0.15, 0.2) is 0 Å². The van der Waals surface area contributed by atoms with E-state index in [0.29, 0.717) is 25.5 Å². The standard InChI is InChI=1S/C40H39Br2N3O4S/c1-39(2,3)50-36-31-19-30(49-23-29-13-11-26-17-28(41)12-15-33(26)44-29)14-16-34(31)45(35(36)20-40(4,5)38(46)47)22-24-7-9-25(10-8-24)27-18-32(42)37(48-6)43-21-27/h7-19,21H,20,22-23H2,1-6H3,(H,46,47). The van der Waals surface area contributed by atoms with E-state index in [2.05, 4.69) is 111 Å². The molecule has 3 heterocycles. The van der Waals surface area contributed by atoms with Gasteiger partial charge in [-0.2, -0.15) is 0 Å². The van der Waals surface area contributed by atoms with Gasteiger partial charge in [-0.05, 0) is 89.4 Å². The summed E-state index contributed by atoms with van der Waals surface area (Å²) in [4.78, 5) is 22.7. The van der Waals surface area contributed by atoms with Crippen LogP contribution in [0, 0.1) is 5.41 Å². The second kappa shape index (κ2) is 14.4. The predicted molar refractivity (Wildman–Crippen MR) is 209 cm³/mol. The van der Waals surface area contributed by atoms with E-state index in [1.54, 1.807) is 38.9 Å². The van der Waals surface area contributed by atoms with E-state index in [0.717, 1.165) is 69.5 Å². The number of fused-ring (bicyclic) bond motifs is 2. The highest BCUT2D eigenvalue weighted by Crippen LogP contribution is 2.44. The van der Waals surface area contributed by atoms with Crippen LogP contribution in [-0.2, 0) is 24.4 Å². The van der Waals surface area contributed by atoms with Crippen molar-refractivity contribution in [2.75, 3.05) is 7.11 Å². The quantitative estimate of drug-likeness (QED) is 0.130. The Bertz CT molecular complexity index is 2210. The molecule has 0 radical (unpaired) electrons. The fourth-order valence-corrected chi connectivity index (χ4v) is 7.89. The van der Waals surface area contributed by atoms with Gasteiger partial charge in [0.25, 0.3) is 0 Å². The molecule has 3 aromatic carbocycles. The van der Waals surface area contributed by atoms with E-state index in [1.807, 2.05) is 30.3 Å². The minimum Gasteiger partial charge on any atom is -0.487 e. The van der Waals surface area contributed by atoms with Crippen LogP contribution in [-0.4, -0.2) is 37.5 Å². The molecule has 0 amide bonds. The summed E-state index contributed by atoms with van der Waals surface area (Å²) in [6.45, 7) is 11.0. The van der Waals surface area contributed by atoms with Gasteiger partial charge in [-0.3, -0.25) is 4.79 Å². The van der Waals surface area contributed by atoms with E-state index >= 15 is 0 Å². The molecular formula is C40H39Br2N3O4S. The van der Waals surface area contributed by atoms with Gasteiger partial charge in [0.1, 0.15) is 12.4 Å².